The van der Waals surface area contributed by atoms with Gasteiger partial charge in [-0.1, -0.05) is 0 Å². The molecular weight excluding hydrogens is 208 g/mol. The van der Waals surface area contributed by atoms with Crippen LogP contribution in [0.3, 0.4) is 0 Å². The number of nitriles is 1. The van der Waals surface area contributed by atoms with E-state index in [0.29, 0.717) is 11.3 Å². The van der Waals surface area contributed by atoms with Gasteiger partial charge in [0, 0.05) is 0 Å². The molecule has 78 valence electrons. The molecule has 0 spiro atoms. The largest absolute Gasteiger partial charge is 0.476 e. The van der Waals surface area contributed by atoms with Crippen molar-refractivity contribution in [1.82, 2.24) is 15.0 Å². The molecule has 1 aromatic carbocycles. The summed E-state index contributed by atoms with van der Waals surface area (Å²) in [5.74, 6) is -1.13. The van der Waals surface area contributed by atoms with Gasteiger partial charge in [0.1, 0.15) is 0 Å². The van der Waals surface area contributed by atoms with E-state index < -0.39 is 5.97 Å². The van der Waals surface area contributed by atoms with Gasteiger partial charge in [-0.15, -0.1) is 5.10 Å². The highest BCUT2D eigenvalue weighted by atomic mass is 16.4. The first-order valence-electron chi connectivity index (χ1n) is 4.37. The molecule has 0 amide bonds. The summed E-state index contributed by atoms with van der Waals surface area (Å²) in [5.41, 5.74) is 1.00. The second-order valence-electron chi connectivity index (χ2n) is 2.98. The number of nitrogens with zero attached hydrogens (tertiary/aromatic N) is 4. The van der Waals surface area contributed by atoms with Crippen LogP contribution in [-0.4, -0.2) is 26.1 Å². The van der Waals surface area contributed by atoms with E-state index >= 15 is 0 Å². The van der Waals surface area contributed by atoms with Crippen molar-refractivity contribution in [2.45, 2.75) is 0 Å². The molecule has 0 aliphatic carbocycles. The number of rotatable bonds is 2. The number of benzene rings is 1. The molecule has 0 aliphatic rings. The molecule has 16 heavy (non-hydrogen) atoms. The summed E-state index contributed by atoms with van der Waals surface area (Å²) in [7, 11) is 0. The van der Waals surface area contributed by atoms with E-state index in [4.69, 9.17) is 10.4 Å². The minimum Gasteiger partial charge on any atom is -0.476 e. The topological polar surface area (TPSA) is 91.8 Å². The number of aromatic nitrogens is 3. The average Bonchev–Trinajstić information content (AvgIpc) is 2.78. The van der Waals surface area contributed by atoms with Crippen LogP contribution < -0.4 is 0 Å². The van der Waals surface area contributed by atoms with Crippen LogP contribution in [0, 0.1) is 11.3 Å². The predicted molar refractivity (Wildman–Crippen MR) is 53.0 cm³/mol. The van der Waals surface area contributed by atoms with Crippen molar-refractivity contribution in [1.29, 1.82) is 5.26 Å². The van der Waals surface area contributed by atoms with Crippen molar-refractivity contribution >= 4 is 5.97 Å². The summed E-state index contributed by atoms with van der Waals surface area (Å²) in [6.07, 6.45) is 1.17. The Morgan fingerprint density at radius 1 is 1.38 bits per heavy atom. The Morgan fingerprint density at radius 2 is 2.06 bits per heavy atom. The zero-order valence-electron chi connectivity index (χ0n) is 8.03. The van der Waals surface area contributed by atoms with E-state index in [0.717, 1.165) is 0 Å². The lowest BCUT2D eigenvalue weighted by Crippen LogP contribution is -2.02. The quantitative estimate of drug-likeness (QED) is 0.799. The fraction of sp³-hybridized carbons (Fsp3) is 0. The third-order valence-electron chi connectivity index (χ3n) is 1.94. The Kier molecular flexibility index (Phi) is 2.36. The van der Waals surface area contributed by atoms with Gasteiger partial charge in [0.15, 0.2) is 5.69 Å². The van der Waals surface area contributed by atoms with E-state index in [-0.39, 0.29) is 5.69 Å². The maximum atomic E-state index is 10.6. The first-order valence-corrected chi connectivity index (χ1v) is 4.37. The predicted octanol–water partition coefficient (Wildman–Crippen LogP) is 0.837. The minimum absolute atomic E-state index is 0.121. The molecular formula is C10H6N4O2. The lowest BCUT2D eigenvalue weighted by molar-refractivity contribution is 0.0690. The van der Waals surface area contributed by atoms with Crippen LogP contribution in [0.15, 0.2) is 30.5 Å². The Labute approximate surface area is 90.4 Å². The summed E-state index contributed by atoms with van der Waals surface area (Å²) in [6, 6.07) is 8.49. The van der Waals surface area contributed by atoms with Gasteiger partial charge in [0.25, 0.3) is 0 Å². The molecule has 0 radical (unpaired) electrons. The van der Waals surface area contributed by atoms with Crippen LogP contribution in [0.1, 0.15) is 16.1 Å². The average molecular weight is 214 g/mol. The first kappa shape index (κ1) is 9.86. The van der Waals surface area contributed by atoms with Gasteiger partial charge in [-0.3, -0.25) is 0 Å². The standard InChI is InChI=1S/C10H6N4O2/c11-5-7-1-3-8(4-2-7)14-12-6-9(13-14)10(15)16/h1-4,6H,(H,15,16). The zero-order chi connectivity index (χ0) is 11.5. The molecule has 6 nitrogen and oxygen atoms in total. The molecule has 0 atom stereocenters. The number of aromatic carboxylic acids is 1. The summed E-state index contributed by atoms with van der Waals surface area (Å²) >= 11 is 0. The molecule has 0 fully saturated rings. The van der Waals surface area contributed by atoms with Crippen LogP contribution >= 0.6 is 0 Å². The summed E-state index contributed by atoms with van der Waals surface area (Å²) in [4.78, 5) is 11.8. The fourth-order valence-electron chi connectivity index (χ4n) is 1.15. The molecule has 0 unspecified atom stereocenters. The van der Waals surface area contributed by atoms with Crippen LogP contribution in [0.5, 0.6) is 0 Å². The monoisotopic (exact) mass is 214 g/mol. The molecule has 6 heteroatoms. The molecule has 0 saturated heterocycles. The molecule has 1 aromatic heterocycles. The van der Waals surface area contributed by atoms with Gasteiger partial charge in [-0.25, -0.2) is 4.79 Å². The van der Waals surface area contributed by atoms with Crippen LogP contribution in [0.2, 0.25) is 0 Å². The van der Waals surface area contributed by atoms with Gasteiger partial charge in [0.05, 0.1) is 23.5 Å². The highest BCUT2D eigenvalue weighted by molar-refractivity contribution is 5.84. The Bertz CT molecular complexity index is 565. The third-order valence-corrected chi connectivity index (χ3v) is 1.94. The third kappa shape index (κ3) is 1.74. The highest BCUT2D eigenvalue weighted by Gasteiger charge is 2.08. The van der Waals surface area contributed by atoms with Crippen molar-refractivity contribution in [2.75, 3.05) is 0 Å². The van der Waals surface area contributed by atoms with Crippen molar-refractivity contribution in [3.05, 3.63) is 41.7 Å². The van der Waals surface area contributed by atoms with Gasteiger partial charge in [-0.2, -0.15) is 15.2 Å². The maximum absolute atomic E-state index is 10.6. The van der Waals surface area contributed by atoms with Crippen molar-refractivity contribution in [3.63, 3.8) is 0 Å². The lowest BCUT2D eigenvalue weighted by Gasteiger charge is -1.97. The minimum atomic E-state index is -1.13. The van der Waals surface area contributed by atoms with E-state index in [1.165, 1.54) is 11.0 Å². The molecule has 1 N–H and O–H groups in total. The van der Waals surface area contributed by atoms with Crippen LogP contribution in [0.4, 0.5) is 0 Å². The summed E-state index contributed by atoms with van der Waals surface area (Å²) in [6.45, 7) is 0. The number of carboxylic acid groups (broad SMARTS) is 1. The molecule has 2 rings (SSSR count). The van der Waals surface area contributed by atoms with E-state index in [2.05, 4.69) is 10.2 Å². The van der Waals surface area contributed by atoms with E-state index in [9.17, 15) is 4.79 Å². The second-order valence-corrected chi connectivity index (χ2v) is 2.98. The lowest BCUT2D eigenvalue weighted by atomic mass is 10.2. The summed E-state index contributed by atoms with van der Waals surface area (Å²) in [5, 5.41) is 24.8. The second kappa shape index (κ2) is 3.82. The van der Waals surface area contributed by atoms with Crippen molar-refractivity contribution in [2.24, 2.45) is 0 Å². The number of hydrogen-bond acceptors (Lipinski definition) is 4. The van der Waals surface area contributed by atoms with Crippen LogP contribution in [0.25, 0.3) is 5.69 Å². The Morgan fingerprint density at radius 3 is 2.56 bits per heavy atom. The highest BCUT2D eigenvalue weighted by Crippen LogP contribution is 2.07. The maximum Gasteiger partial charge on any atom is 0.358 e. The number of hydrogen-bond donors (Lipinski definition) is 1. The van der Waals surface area contributed by atoms with E-state index in [1.54, 1.807) is 24.3 Å². The van der Waals surface area contributed by atoms with Crippen LogP contribution in [-0.2, 0) is 0 Å². The number of carboxylic acids is 1. The molecule has 0 saturated carbocycles. The van der Waals surface area contributed by atoms with Crippen molar-refractivity contribution in [3.8, 4) is 11.8 Å². The Balaban J connectivity index is 2.36. The van der Waals surface area contributed by atoms with E-state index in [1.807, 2.05) is 6.07 Å². The molecule has 2 aromatic rings. The molecule has 0 aliphatic heterocycles. The van der Waals surface area contributed by atoms with Gasteiger partial charge < -0.3 is 5.11 Å². The smallest absolute Gasteiger partial charge is 0.358 e. The fourth-order valence-corrected chi connectivity index (χ4v) is 1.15. The first-order chi connectivity index (χ1) is 7.70. The SMILES string of the molecule is N#Cc1ccc(-n2ncc(C(=O)O)n2)cc1. The van der Waals surface area contributed by atoms with Gasteiger partial charge >= 0.3 is 5.97 Å². The number of carbonyl (C=O) groups is 1. The molecule has 1 heterocycles. The summed E-state index contributed by atoms with van der Waals surface area (Å²) < 4.78 is 0. The van der Waals surface area contributed by atoms with Crippen molar-refractivity contribution < 1.29 is 9.90 Å². The normalized spacial score (nSPS) is 9.69. The van der Waals surface area contributed by atoms with Gasteiger partial charge in [-0.05, 0) is 24.3 Å². The van der Waals surface area contributed by atoms with Gasteiger partial charge in [0.2, 0.25) is 0 Å². The molecule has 0 bridgehead atoms. The Hall–Kier alpha value is -2.68. The zero-order valence-corrected chi connectivity index (χ0v) is 8.03.